The lowest BCUT2D eigenvalue weighted by molar-refractivity contribution is 0.209. The molecule has 3 aromatic carbocycles. The molecule has 3 aromatic rings. The first-order valence-electron chi connectivity index (χ1n) is 11.5. The Bertz CT molecular complexity index is 1120. The van der Waals surface area contributed by atoms with Crippen LogP contribution in [-0.4, -0.2) is 46.1 Å². The zero-order valence-corrected chi connectivity index (χ0v) is 20.1. The monoisotopic (exact) mass is 431 g/mol. The molecule has 0 amide bonds. The molecule has 167 valence electrons. The molecule has 0 atom stereocenters. The van der Waals surface area contributed by atoms with Crippen LogP contribution in [0.4, 0.5) is 0 Å². The summed E-state index contributed by atoms with van der Waals surface area (Å²) in [6, 6.07) is 13.0. The van der Waals surface area contributed by atoms with Gasteiger partial charge in [-0.25, -0.2) is 0 Å². The highest BCUT2D eigenvalue weighted by atomic mass is 16.6. The molecule has 1 radical (unpaired) electrons. The van der Waals surface area contributed by atoms with Gasteiger partial charge in [0, 0.05) is 0 Å². The third kappa shape index (κ3) is 4.22. The van der Waals surface area contributed by atoms with E-state index in [1.807, 2.05) is 7.48 Å². The molecule has 6 heteroatoms. The first-order chi connectivity index (χ1) is 15.1. The van der Waals surface area contributed by atoms with Crippen molar-refractivity contribution in [3.63, 3.8) is 0 Å². The maximum Gasteiger partial charge on any atom is 0.495 e. The lowest BCUT2D eigenvalue weighted by Gasteiger charge is -2.29. The summed E-state index contributed by atoms with van der Waals surface area (Å²) in [5, 5.41) is 13.9. The summed E-state index contributed by atoms with van der Waals surface area (Å²) in [5.74, 6) is 0. The van der Waals surface area contributed by atoms with Crippen LogP contribution in [0.15, 0.2) is 36.4 Å². The van der Waals surface area contributed by atoms with E-state index in [0.717, 1.165) is 27.1 Å². The Labute approximate surface area is 192 Å². The molecule has 0 bridgehead atoms. The van der Waals surface area contributed by atoms with Crippen LogP contribution >= 0.6 is 0 Å². The fourth-order valence-electron chi connectivity index (χ4n) is 4.74. The van der Waals surface area contributed by atoms with Gasteiger partial charge in [0.15, 0.2) is 0 Å². The van der Waals surface area contributed by atoms with Crippen molar-refractivity contribution in [2.75, 3.05) is 26.4 Å². The molecule has 0 aromatic heterocycles. The minimum atomic E-state index is -0.397. The van der Waals surface area contributed by atoms with E-state index in [4.69, 9.17) is 14.0 Å². The van der Waals surface area contributed by atoms with Gasteiger partial charge in [-0.05, 0) is 54.4 Å². The third-order valence-electron chi connectivity index (χ3n) is 6.13. The number of aliphatic hydroxyl groups excluding tert-OH is 1. The number of benzene rings is 3. The Morgan fingerprint density at radius 1 is 0.875 bits per heavy atom. The minimum absolute atomic E-state index is 0.0203. The predicted octanol–water partition coefficient (Wildman–Crippen LogP) is 3.58. The zero-order chi connectivity index (χ0) is 23.1. The molecule has 1 aliphatic heterocycles. The Morgan fingerprint density at radius 2 is 1.44 bits per heavy atom. The molecule has 0 unspecified atom stereocenters. The molecule has 1 saturated heterocycles. The third-order valence-corrected chi connectivity index (χ3v) is 6.13. The number of hydrogen-bond donors (Lipinski definition) is 1. The van der Waals surface area contributed by atoms with Gasteiger partial charge in [0.05, 0.1) is 26.4 Å². The molecular formula is C26H33B2O4. The second-order valence-corrected chi connectivity index (χ2v) is 10.6. The fourth-order valence-corrected chi connectivity index (χ4v) is 4.74. The SMILES string of the molecule is CC(C)(C)c1cccc2c(B3OCCO3)c3c(C(C)(C)C)cccc3c([B]OCCO)c12. The van der Waals surface area contributed by atoms with Crippen LogP contribution in [0.1, 0.15) is 52.7 Å². The van der Waals surface area contributed by atoms with Gasteiger partial charge >= 0.3 is 14.6 Å². The van der Waals surface area contributed by atoms with E-state index in [1.165, 1.54) is 16.5 Å². The first-order valence-corrected chi connectivity index (χ1v) is 11.5. The van der Waals surface area contributed by atoms with Crippen molar-refractivity contribution in [3.8, 4) is 0 Å². The second-order valence-electron chi connectivity index (χ2n) is 10.6. The molecule has 0 saturated carbocycles. The van der Waals surface area contributed by atoms with Crippen molar-refractivity contribution in [2.24, 2.45) is 0 Å². The highest BCUT2D eigenvalue weighted by molar-refractivity contribution is 6.70. The van der Waals surface area contributed by atoms with E-state index in [0.29, 0.717) is 13.2 Å². The Hall–Kier alpha value is -1.85. The first kappa shape index (κ1) is 23.3. The van der Waals surface area contributed by atoms with Crippen LogP contribution in [0, 0.1) is 0 Å². The van der Waals surface area contributed by atoms with E-state index in [-0.39, 0.29) is 24.0 Å². The van der Waals surface area contributed by atoms with Gasteiger partial charge in [-0.15, -0.1) is 0 Å². The molecule has 4 nitrogen and oxygen atoms in total. The molecule has 1 N–H and O–H groups in total. The van der Waals surface area contributed by atoms with Crippen molar-refractivity contribution >= 4 is 47.1 Å². The van der Waals surface area contributed by atoms with Crippen LogP contribution in [0.5, 0.6) is 0 Å². The lowest BCUT2D eigenvalue weighted by atomic mass is 9.64. The van der Waals surface area contributed by atoms with Crippen molar-refractivity contribution < 1.29 is 19.1 Å². The molecular weight excluding hydrogens is 398 g/mol. The summed E-state index contributed by atoms with van der Waals surface area (Å²) in [6.45, 7) is 14.9. The van der Waals surface area contributed by atoms with Crippen LogP contribution in [0.25, 0.3) is 21.5 Å². The van der Waals surface area contributed by atoms with Gasteiger partial charge in [-0.3, -0.25) is 0 Å². The van der Waals surface area contributed by atoms with Gasteiger partial charge in [-0.1, -0.05) is 77.9 Å². The standard InChI is InChI=1S/C26H33B2O4/c1-25(2,3)19-11-8-10-18-21(19)23(27-30-14-13-29)17-9-7-12-20(26(4,5)6)22(17)24(18)28-31-15-16-32-28/h7-12,29H,13-16H2,1-6H3. The molecule has 1 heterocycles. The summed E-state index contributed by atoms with van der Waals surface area (Å²) in [7, 11) is 1.43. The summed E-state index contributed by atoms with van der Waals surface area (Å²) in [6.07, 6.45) is 0. The smallest absolute Gasteiger partial charge is 0.432 e. The maximum atomic E-state index is 9.32. The van der Waals surface area contributed by atoms with E-state index < -0.39 is 7.12 Å². The van der Waals surface area contributed by atoms with E-state index >= 15 is 0 Å². The van der Waals surface area contributed by atoms with E-state index in [1.54, 1.807) is 0 Å². The summed E-state index contributed by atoms with van der Waals surface area (Å²) >= 11 is 0. The molecule has 32 heavy (non-hydrogen) atoms. The second kappa shape index (κ2) is 8.83. The molecule has 0 aliphatic carbocycles. The zero-order valence-electron chi connectivity index (χ0n) is 20.1. The Balaban J connectivity index is 2.20. The molecule has 4 rings (SSSR count). The fraction of sp³-hybridized carbons (Fsp3) is 0.462. The van der Waals surface area contributed by atoms with Crippen LogP contribution < -0.4 is 10.9 Å². The highest BCUT2D eigenvalue weighted by Crippen LogP contribution is 2.35. The Morgan fingerprint density at radius 3 is 2.00 bits per heavy atom. The van der Waals surface area contributed by atoms with Crippen molar-refractivity contribution in [1.82, 2.24) is 0 Å². The summed E-state index contributed by atoms with van der Waals surface area (Å²) in [5.41, 5.74) is 4.51. The highest BCUT2D eigenvalue weighted by Gasteiger charge is 2.35. The molecule has 1 aliphatic rings. The van der Waals surface area contributed by atoms with Gasteiger partial charge in [0.1, 0.15) is 0 Å². The number of aliphatic hydroxyl groups is 1. The average Bonchev–Trinajstić information content (AvgIpc) is 3.25. The Kier molecular flexibility index (Phi) is 6.43. The average molecular weight is 431 g/mol. The largest absolute Gasteiger partial charge is 0.495 e. The number of hydrogen-bond acceptors (Lipinski definition) is 4. The molecule has 1 fully saturated rings. The molecule has 0 spiro atoms. The van der Waals surface area contributed by atoms with Crippen molar-refractivity contribution in [3.05, 3.63) is 47.5 Å². The summed E-state index contributed by atoms with van der Waals surface area (Å²) in [4.78, 5) is 0. The van der Waals surface area contributed by atoms with Crippen LogP contribution in [0.3, 0.4) is 0 Å². The van der Waals surface area contributed by atoms with Crippen LogP contribution in [-0.2, 0) is 24.8 Å². The van der Waals surface area contributed by atoms with Gasteiger partial charge < -0.3 is 19.1 Å². The quantitative estimate of drug-likeness (QED) is 0.381. The number of fused-ring (bicyclic) bond motifs is 2. The topological polar surface area (TPSA) is 47.9 Å². The minimum Gasteiger partial charge on any atom is -0.432 e. The maximum absolute atomic E-state index is 9.32. The van der Waals surface area contributed by atoms with Gasteiger partial charge in [0.2, 0.25) is 0 Å². The van der Waals surface area contributed by atoms with Gasteiger partial charge in [0.25, 0.3) is 0 Å². The summed E-state index contributed by atoms with van der Waals surface area (Å²) < 4.78 is 18.0. The van der Waals surface area contributed by atoms with E-state index in [9.17, 15) is 5.11 Å². The van der Waals surface area contributed by atoms with Crippen molar-refractivity contribution in [2.45, 2.75) is 52.4 Å². The van der Waals surface area contributed by atoms with Gasteiger partial charge in [-0.2, -0.15) is 0 Å². The van der Waals surface area contributed by atoms with Crippen LogP contribution in [0.2, 0.25) is 0 Å². The van der Waals surface area contributed by atoms with E-state index in [2.05, 4.69) is 77.9 Å². The number of rotatable bonds is 5. The van der Waals surface area contributed by atoms with Crippen molar-refractivity contribution in [1.29, 1.82) is 0 Å². The lowest BCUT2D eigenvalue weighted by Crippen LogP contribution is -2.38. The predicted molar refractivity (Wildman–Crippen MR) is 135 cm³/mol. The normalized spacial score (nSPS) is 15.2.